The van der Waals surface area contributed by atoms with Crippen molar-refractivity contribution >= 4 is 17.2 Å². The van der Waals surface area contributed by atoms with Gasteiger partial charge in [-0.05, 0) is 36.9 Å². The zero-order valence-corrected chi connectivity index (χ0v) is 14.2. The maximum Gasteiger partial charge on any atom is 0.148 e. The smallest absolute Gasteiger partial charge is 0.148 e. The van der Waals surface area contributed by atoms with Gasteiger partial charge in [-0.25, -0.2) is 0 Å². The lowest BCUT2D eigenvalue weighted by Gasteiger charge is -2.23. The van der Waals surface area contributed by atoms with E-state index < -0.39 is 0 Å². The largest absolute Gasteiger partial charge is 0.371 e. The molecule has 0 radical (unpaired) electrons. The number of likely N-dealkylation sites (tertiary alicyclic amines) is 1. The van der Waals surface area contributed by atoms with Crippen molar-refractivity contribution in [1.82, 2.24) is 15.1 Å². The molecule has 4 rings (SSSR count). The van der Waals surface area contributed by atoms with Crippen LogP contribution in [0.15, 0.2) is 29.6 Å². The molecule has 2 aliphatic heterocycles. The molecule has 122 valence electrons. The van der Waals surface area contributed by atoms with Crippen LogP contribution in [0.3, 0.4) is 0 Å². The van der Waals surface area contributed by atoms with Crippen molar-refractivity contribution < 1.29 is 4.74 Å². The zero-order valence-electron chi connectivity index (χ0n) is 13.4. The van der Waals surface area contributed by atoms with E-state index in [1.165, 1.54) is 4.88 Å². The van der Waals surface area contributed by atoms with Crippen molar-refractivity contribution in [3.05, 3.63) is 40.2 Å². The minimum absolute atomic E-state index is 0.0209. The second kappa shape index (κ2) is 6.19. The summed E-state index contributed by atoms with van der Waals surface area (Å²) in [5.41, 5.74) is 0.960. The van der Waals surface area contributed by atoms with E-state index in [1.807, 2.05) is 30.4 Å². The number of hydrogen-bond donors (Lipinski definition) is 1. The number of hydrogen-bond acceptors (Lipinski definition) is 6. The molecule has 0 saturated carbocycles. The minimum Gasteiger partial charge on any atom is -0.371 e. The fourth-order valence-electron chi connectivity index (χ4n) is 3.59. The van der Waals surface area contributed by atoms with Gasteiger partial charge < -0.3 is 10.1 Å². The molecule has 0 amide bonds. The molecule has 2 aromatic rings. The van der Waals surface area contributed by atoms with Crippen LogP contribution in [-0.2, 0) is 11.3 Å². The average Bonchev–Trinajstić information content (AvgIpc) is 3.26. The topological polar surface area (TPSA) is 50.3 Å². The van der Waals surface area contributed by atoms with Gasteiger partial charge in [-0.3, -0.25) is 4.90 Å². The Morgan fingerprint density at radius 2 is 2.35 bits per heavy atom. The number of aryl methyl sites for hydroxylation is 1. The molecule has 0 aliphatic carbocycles. The SMILES string of the molecule is Cc1ccc(N[C@H]2CO[C@]3(CCN(Cc4cccs4)C3)C2)nn1. The quantitative estimate of drug-likeness (QED) is 0.934. The maximum absolute atomic E-state index is 6.21. The molecule has 2 fully saturated rings. The van der Waals surface area contributed by atoms with Crippen LogP contribution < -0.4 is 5.32 Å². The normalized spacial score (nSPS) is 27.8. The summed E-state index contributed by atoms with van der Waals surface area (Å²) >= 11 is 1.83. The molecule has 1 N–H and O–H groups in total. The Morgan fingerprint density at radius 3 is 3.13 bits per heavy atom. The number of rotatable bonds is 4. The number of anilines is 1. The second-order valence-electron chi connectivity index (χ2n) is 6.64. The van der Waals surface area contributed by atoms with E-state index in [2.05, 4.69) is 37.9 Å². The third-order valence-electron chi connectivity index (χ3n) is 4.71. The van der Waals surface area contributed by atoms with Crippen LogP contribution in [0.1, 0.15) is 23.4 Å². The van der Waals surface area contributed by atoms with Gasteiger partial charge >= 0.3 is 0 Å². The van der Waals surface area contributed by atoms with Crippen LogP contribution in [-0.4, -0.2) is 46.4 Å². The molecule has 0 aromatic carbocycles. The Bertz CT molecular complexity index is 645. The molecule has 2 atom stereocenters. The van der Waals surface area contributed by atoms with Crippen molar-refractivity contribution in [2.24, 2.45) is 0 Å². The van der Waals surface area contributed by atoms with Crippen LogP contribution in [0.25, 0.3) is 0 Å². The number of ether oxygens (including phenoxy) is 1. The van der Waals surface area contributed by atoms with E-state index in [1.54, 1.807) is 0 Å². The fraction of sp³-hybridized carbons (Fsp3) is 0.529. The lowest BCUT2D eigenvalue weighted by molar-refractivity contribution is 0.0120. The number of nitrogens with one attached hydrogen (secondary N) is 1. The van der Waals surface area contributed by atoms with E-state index >= 15 is 0 Å². The number of nitrogens with zero attached hydrogens (tertiary/aromatic N) is 3. The van der Waals surface area contributed by atoms with Crippen molar-refractivity contribution in [3.63, 3.8) is 0 Å². The van der Waals surface area contributed by atoms with Gasteiger partial charge in [0.05, 0.1) is 23.9 Å². The van der Waals surface area contributed by atoms with Gasteiger partial charge in [-0.1, -0.05) is 6.07 Å². The Hall–Kier alpha value is -1.50. The highest BCUT2D eigenvalue weighted by molar-refractivity contribution is 7.09. The molecular weight excluding hydrogens is 308 g/mol. The summed E-state index contributed by atoms with van der Waals surface area (Å²) in [4.78, 5) is 3.95. The first-order valence-electron chi connectivity index (χ1n) is 8.16. The predicted molar refractivity (Wildman–Crippen MR) is 91.7 cm³/mol. The zero-order chi connectivity index (χ0) is 15.7. The van der Waals surface area contributed by atoms with E-state index in [4.69, 9.17) is 4.74 Å². The molecule has 0 unspecified atom stereocenters. The lowest BCUT2D eigenvalue weighted by Crippen LogP contribution is -2.33. The minimum atomic E-state index is 0.0209. The molecule has 23 heavy (non-hydrogen) atoms. The Balaban J connectivity index is 1.33. The molecular formula is C17H22N4OS. The summed E-state index contributed by atoms with van der Waals surface area (Å²) in [6.07, 6.45) is 2.17. The van der Waals surface area contributed by atoms with Gasteiger partial charge in [0.1, 0.15) is 5.82 Å². The summed E-state index contributed by atoms with van der Waals surface area (Å²) in [6.45, 7) is 5.90. The molecule has 2 aromatic heterocycles. The Kier molecular flexibility index (Phi) is 4.05. The highest BCUT2D eigenvalue weighted by Crippen LogP contribution is 2.36. The first-order chi connectivity index (χ1) is 11.2. The van der Waals surface area contributed by atoms with Crippen LogP contribution in [0.5, 0.6) is 0 Å². The first-order valence-corrected chi connectivity index (χ1v) is 9.04. The highest BCUT2D eigenvalue weighted by atomic mass is 32.1. The standard InChI is InChI=1S/C17H22N4OS/c1-13-4-5-16(20-19-13)18-14-9-17(22-11-14)6-7-21(12-17)10-15-3-2-8-23-15/h2-5,8,14H,6-7,9-12H2,1H3,(H,18,20)/t14-,17-/m1/s1. The van der Waals surface area contributed by atoms with Crippen LogP contribution in [0.2, 0.25) is 0 Å². The fourth-order valence-corrected chi connectivity index (χ4v) is 4.34. The average molecular weight is 330 g/mol. The third kappa shape index (κ3) is 3.39. The van der Waals surface area contributed by atoms with Crippen molar-refractivity contribution in [2.45, 2.75) is 38.0 Å². The van der Waals surface area contributed by atoms with Crippen LogP contribution in [0, 0.1) is 6.92 Å². The Labute approximate surface area is 140 Å². The van der Waals surface area contributed by atoms with Gasteiger partial charge in [0.2, 0.25) is 0 Å². The van der Waals surface area contributed by atoms with Gasteiger partial charge in [0.15, 0.2) is 0 Å². The van der Waals surface area contributed by atoms with Crippen molar-refractivity contribution in [2.75, 3.05) is 25.0 Å². The van der Waals surface area contributed by atoms with Gasteiger partial charge in [0, 0.05) is 30.9 Å². The monoisotopic (exact) mass is 330 g/mol. The molecule has 0 bridgehead atoms. The maximum atomic E-state index is 6.21. The van der Waals surface area contributed by atoms with Crippen molar-refractivity contribution in [3.8, 4) is 0 Å². The summed E-state index contributed by atoms with van der Waals surface area (Å²) in [6, 6.07) is 8.64. The van der Waals surface area contributed by atoms with Crippen molar-refractivity contribution in [1.29, 1.82) is 0 Å². The molecule has 2 saturated heterocycles. The van der Waals surface area contributed by atoms with Gasteiger partial charge in [-0.2, -0.15) is 5.10 Å². The van der Waals surface area contributed by atoms with E-state index in [0.717, 1.165) is 50.6 Å². The summed E-state index contributed by atoms with van der Waals surface area (Å²) in [5, 5.41) is 13.9. The predicted octanol–water partition coefficient (Wildman–Crippen LogP) is 2.69. The second-order valence-corrected chi connectivity index (χ2v) is 7.67. The third-order valence-corrected chi connectivity index (χ3v) is 5.58. The molecule has 6 heteroatoms. The molecule has 2 aliphatic rings. The summed E-state index contributed by atoms with van der Waals surface area (Å²) in [7, 11) is 0. The summed E-state index contributed by atoms with van der Waals surface area (Å²) < 4.78 is 6.21. The first kappa shape index (κ1) is 15.1. The lowest BCUT2D eigenvalue weighted by atomic mass is 9.97. The van der Waals surface area contributed by atoms with Crippen LogP contribution in [0.4, 0.5) is 5.82 Å². The van der Waals surface area contributed by atoms with E-state index in [-0.39, 0.29) is 5.60 Å². The molecule has 1 spiro atoms. The van der Waals surface area contributed by atoms with Crippen LogP contribution >= 0.6 is 11.3 Å². The van der Waals surface area contributed by atoms with E-state index in [0.29, 0.717) is 6.04 Å². The number of thiophene rings is 1. The number of aromatic nitrogens is 2. The van der Waals surface area contributed by atoms with Gasteiger partial charge in [-0.15, -0.1) is 16.4 Å². The Morgan fingerprint density at radius 1 is 1.39 bits per heavy atom. The molecule has 4 heterocycles. The van der Waals surface area contributed by atoms with Gasteiger partial charge in [0.25, 0.3) is 0 Å². The van der Waals surface area contributed by atoms with E-state index in [9.17, 15) is 0 Å². The highest BCUT2D eigenvalue weighted by Gasteiger charge is 2.45. The molecule has 5 nitrogen and oxygen atoms in total. The summed E-state index contributed by atoms with van der Waals surface area (Å²) in [5.74, 6) is 0.842.